The van der Waals surface area contributed by atoms with Crippen LogP contribution in [-0.2, 0) is 23.1 Å². The zero-order chi connectivity index (χ0) is 33.5. The van der Waals surface area contributed by atoms with Gasteiger partial charge in [-0.15, -0.1) is 0 Å². The quantitative estimate of drug-likeness (QED) is 0.244. The van der Waals surface area contributed by atoms with Crippen LogP contribution in [0.1, 0.15) is 82.1 Å². The molecule has 7 nitrogen and oxygen atoms in total. The van der Waals surface area contributed by atoms with Gasteiger partial charge in [0.15, 0.2) is 16.6 Å². The summed E-state index contributed by atoms with van der Waals surface area (Å²) < 4.78 is 25.9. The highest BCUT2D eigenvalue weighted by atomic mass is 28.4. The van der Waals surface area contributed by atoms with Crippen LogP contribution in [0.25, 0.3) is 0 Å². The third-order valence-electron chi connectivity index (χ3n) is 10.7. The summed E-state index contributed by atoms with van der Waals surface area (Å²) in [7, 11) is -4.23. The molecule has 3 heterocycles. The van der Waals surface area contributed by atoms with Crippen LogP contribution in [0.2, 0.25) is 36.3 Å². The zero-order valence-corrected chi connectivity index (χ0v) is 31.8. The molecule has 1 aliphatic carbocycles. The topological polar surface area (TPSA) is 83.1 Å². The van der Waals surface area contributed by atoms with Crippen molar-refractivity contribution in [1.29, 1.82) is 0 Å². The standard InChI is InChI=1S/C35H59NO6Si2/c1-23-15-18-26(41-43(11,12)33(4,5)6)19-17-24(2)21-29-35(10)30(40-32(38)36-29)25(3)28(39-31(35)37)22-27(20-16-23)42-44(13,14)34(7,8)9/h15-17,19-21,25-30H,18,22H2,1-14H3,(H,36,38)/b19-17+,20-16+,23-15+,24-21+/t25-,26+,27-,28-,29-,30+,35+/m1/s1. The number of amides is 1. The van der Waals surface area contributed by atoms with Gasteiger partial charge in [0.1, 0.15) is 17.6 Å². The smallest absolute Gasteiger partial charge is 0.407 e. The number of carbonyl (C=O) groups is 2. The minimum Gasteiger partial charge on any atom is -0.461 e. The van der Waals surface area contributed by atoms with Crippen molar-refractivity contribution in [2.45, 2.75) is 149 Å². The van der Waals surface area contributed by atoms with Crippen LogP contribution in [0.15, 0.2) is 47.6 Å². The minimum atomic E-state index is -2.17. The molecule has 248 valence electrons. The van der Waals surface area contributed by atoms with E-state index in [1.54, 1.807) is 0 Å². The van der Waals surface area contributed by atoms with Gasteiger partial charge in [0.2, 0.25) is 0 Å². The Bertz CT molecular complexity index is 1200. The van der Waals surface area contributed by atoms with Crippen molar-refractivity contribution in [3.63, 3.8) is 0 Å². The zero-order valence-electron chi connectivity index (χ0n) is 29.8. The molecule has 4 aliphatic rings. The maximum absolute atomic E-state index is 13.8. The van der Waals surface area contributed by atoms with E-state index in [4.69, 9.17) is 18.3 Å². The lowest BCUT2D eigenvalue weighted by Gasteiger charge is -2.51. The number of hydrogen-bond acceptors (Lipinski definition) is 6. The molecule has 4 bridgehead atoms. The number of ether oxygens (including phenoxy) is 2. The van der Waals surface area contributed by atoms with E-state index < -0.39 is 46.4 Å². The lowest BCUT2D eigenvalue weighted by atomic mass is 9.67. The second kappa shape index (κ2) is 13.0. The SMILES string of the molecule is CC1=C\C[C@H](O[Si](C)(C)C(C)(C)C)/C=C/C(C)=C/[C@H]2NC(=O)O[C@H]3[C@H](C)[C@@H](C[C@H](O[Si](C)(C)C(C)(C)C)\C=C\1)OC(=O)[C@@]23C. The van der Waals surface area contributed by atoms with E-state index in [0.29, 0.717) is 6.42 Å². The van der Waals surface area contributed by atoms with Crippen molar-refractivity contribution in [3.8, 4) is 0 Å². The number of allylic oxidation sites excluding steroid dienone is 4. The number of nitrogens with one attached hydrogen (secondary N) is 1. The average molecular weight is 646 g/mol. The first-order chi connectivity index (χ1) is 20.0. The molecule has 44 heavy (non-hydrogen) atoms. The van der Waals surface area contributed by atoms with Gasteiger partial charge in [-0.05, 0) is 63.5 Å². The predicted molar refractivity (Wildman–Crippen MR) is 184 cm³/mol. The Morgan fingerprint density at radius 2 is 1.39 bits per heavy atom. The molecule has 9 heteroatoms. The van der Waals surface area contributed by atoms with Gasteiger partial charge in [0.25, 0.3) is 0 Å². The van der Waals surface area contributed by atoms with Gasteiger partial charge in [-0.1, -0.05) is 96.1 Å². The first kappa shape index (κ1) is 36.5. The summed E-state index contributed by atoms with van der Waals surface area (Å²) in [6, 6.07) is -0.578. The molecule has 0 aromatic carbocycles. The number of carbonyl (C=O) groups excluding carboxylic acids is 2. The lowest BCUT2D eigenvalue weighted by Crippen LogP contribution is -2.68. The molecule has 0 aromatic heterocycles. The Labute approximate surface area is 269 Å². The summed E-state index contributed by atoms with van der Waals surface area (Å²) in [5.41, 5.74) is 0.975. The van der Waals surface area contributed by atoms with Crippen molar-refractivity contribution in [1.82, 2.24) is 5.32 Å². The van der Waals surface area contributed by atoms with Crippen molar-refractivity contribution in [3.05, 3.63) is 47.6 Å². The Morgan fingerprint density at radius 3 is 1.95 bits per heavy atom. The summed E-state index contributed by atoms with van der Waals surface area (Å²) in [6.45, 7) is 30.4. The number of rotatable bonds is 4. The number of fused-ring (bicyclic) bond motifs is 8. The highest BCUT2D eigenvalue weighted by Crippen LogP contribution is 2.46. The van der Waals surface area contributed by atoms with E-state index in [1.807, 2.05) is 32.9 Å². The van der Waals surface area contributed by atoms with E-state index in [9.17, 15) is 9.59 Å². The first-order valence-electron chi connectivity index (χ1n) is 16.2. The van der Waals surface area contributed by atoms with Crippen molar-refractivity contribution in [2.75, 3.05) is 0 Å². The van der Waals surface area contributed by atoms with Crippen LogP contribution in [0.3, 0.4) is 0 Å². The van der Waals surface area contributed by atoms with Crippen LogP contribution in [0.5, 0.6) is 0 Å². The molecule has 1 N–H and O–H groups in total. The van der Waals surface area contributed by atoms with E-state index in [2.05, 4.69) is 104 Å². The number of hydrogen-bond donors (Lipinski definition) is 1. The van der Waals surface area contributed by atoms with Gasteiger partial charge < -0.3 is 23.6 Å². The molecule has 3 aliphatic heterocycles. The predicted octanol–water partition coefficient (Wildman–Crippen LogP) is 8.61. The number of alkyl carbamates (subject to hydrolysis) is 1. The second-order valence-electron chi connectivity index (χ2n) is 16.4. The van der Waals surface area contributed by atoms with Gasteiger partial charge in [-0.2, -0.15) is 0 Å². The first-order valence-corrected chi connectivity index (χ1v) is 22.0. The molecule has 7 atom stereocenters. The Morgan fingerprint density at radius 1 is 0.864 bits per heavy atom. The molecule has 0 unspecified atom stereocenters. The molecule has 0 aromatic rings. The molecule has 0 saturated carbocycles. The van der Waals surface area contributed by atoms with Crippen LogP contribution in [0.4, 0.5) is 4.79 Å². The van der Waals surface area contributed by atoms with Crippen LogP contribution >= 0.6 is 0 Å². The Hall–Kier alpha value is -1.95. The molecule has 0 radical (unpaired) electrons. The molecule has 2 saturated heterocycles. The average Bonchev–Trinajstić information content (AvgIpc) is 2.87. The van der Waals surface area contributed by atoms with Crippen LogP contribution in [0, 0.1) is 11.3 Å². The number of esters is 1. The highest BCUT2D eigenvalue weighted by Gasteiger charge is 2.61. The molecular formula is C35H59NO6Si2. The molecule has 4 rings (SSSR count). The normalized spacial score (nSPS) is 36.5. The summed E-state index contributed by atoms with van der Waals surface area (Å²) in [5.74, 6) is -0.581. The van der Waals surface area contributed by atoms with Gasteiger partial charge >= 0.3 is 12.1 Å². The lowest BCUT2D eigenvalue weighted by molar-refractivity contribution is -0.203. The molecule has 2 fully saturated rings. The minimum absolute atomic E-state index is 0.00921. The molecule has 0 spiro atoms. The van der Waals surface area contributed by atoms with E-state index >= 15 is 0 Å². The fourth-order valence-corrected chi connectivity index (χ4v) is 8.11. The summed E-state index contributed by atoms with van der Waals surface area (Å²) in [4.78, 5) is 26.7. The van der Waals surface area contributed by atoms with Gasteiger partial charge in [0.05, 0.1) is 18.2 Å². The monoisotopic (exact) mass is 645 g/mol. The maximum atomic E-state index is 13.8. The molecule has 1 amide bonds. The second-order valence-corrected chi connectivity index (χ2v) is 25.9. The summed E-state index contributed by atoms with van der Waals surface area (Å²) in [6.07, 6.45) is 11.8. The third kappa shape index (κ3) is 8.06. The Balaban J connectivity index is 2.12. The van der Waals surface area contributed by atoms with Crippen molar-refractivity contribution >= 4 is 28.7 Å². The van der Waals surface area contributed by atoms with Crippen LogP contribution in [-0.4, -0.2) is 59.2 Å². The summed E-state index contributed by atoms with van der Waals surface area (Å²) in [5, 5.41) is 2.98. The highest BCUT2D eigenvalue weighted by molar-refractivity contribution is 6.74. The van der Waals surface area contributed by atoms with Crippen molar-refractivity contribution < 1.29 is 27.9 Å². The van der Waals surface area contributed by atoms with Crippen molar-refractivity contribution in [2.24, 2.45) is 11.3 Å². The maximum Gasteiger partial charge on any atom is 0.407 e. The molecular weight excluding hydrogens is 587 g/mol. The van der Waals surface area contributed by atoms with Gasteiger partial charge in [-0.3, -0.25) is 4.79 Å². The summed E-state index contributed by atoms with van der Waals surface area (Å²) >= 11 is 0. The largest absolute Gasteiger partial charge is 0.461 e. The fourth-order valence-electron chi connectivity index (χ4n) is 5.54. The van der Waals surface area contributed by atoms with Gasteiger partial charge in [0, 0.05) is 12.3 Å². The third-order valence-corrected chi connectivity index (χ3v) is 19.7. The van der Waals surface area contributed by atoms with E-state index in [0.717, 1.165) is 17.6 Å². The fraction of sp³-hybridized carbons (Fsp3) is 0.714. The Kier molecular flexibility index (Phi) is 10.8. The van der Waals surface area contributed by atoms with Gasteiger partial charge in [-0.25, -0.2) is 4.79 Å². The van der Waals surface area contributed by atoms with E-state index in [1.165, 1.54) is 0 Å². The van der Waals surface area contributed by atoms with E-state index in [-0.39, 0.29) is 34.2 Å². The van der Waals surface area contributed by atoms with Crippen LogP contribution < -0.4 is 5.32 Å².